The molecule has 5 heterocycles. The molecule has 1 aromatic carbocycles. The zero-order valence-electron chi connectivity index (χ0n) is 22.1. The molecule has 1 aliphatic rings. The quantitative estimate of drug-likeness (QED) is 0.305. The highest BCUT2D eigenvalue weighted by Crippen LogP contribution is 2.34. The number of carbonyl (C=O) groups excluding carboxylic acids is 1. The minimum Gasteiger partial charge on any atom is -0.494 e. The number of benzene rings is 1. The number of hydrogen-bond donors (Lipinski definition) is 2. The van der Waals surface area contributed by atoms with Crippen molar-refractivity contribution in [2.45, 2.75) is 6.42 Å². The van der Waals surface area contributed by atoms with Crippen LogP contribution >= 0.6 is 0 Å². The number of aromatic nitrogens is 6. The van der Waals surface area contributed by atoms with Crippen molar-refractivity contribution in [3.05, 3.63) is 55.1 Å². The molecule has 0 aliphatic carbocycles. The second kappa shape index (κ2) is 9.88. The van der Waals surface area contributed by atoms with E-state index in [1.54, 1.807) is 58.3 Å². The monoisotopic (exact) mass is 561 g/mol. The summed E-state index contributed by atoms with van der Waals surface area (Å²) >= 11 is 0. The van der Waals surface area contributed by atoms with Gasteiger partial charge in [0.25, 0.3) is 0 Å². The van der Waals surface area contributed by atoms with E-state index in [1.165, 1.54) is 7.11 Å². The number of amides is 1. The molecule has 40 heavy (non-hydrogen) atoms. The Balaban J connectivity index is 1.49. The van der Waals surface area contributed by atoms with Crippen LogP contribution in [0.2, 0.25) is 0 Å². The predicted octanol–water partition coefficient (Wildman–Crippen LogP) is 2.40. The Morgan fingerprint density at radius 2 is 2.02 bits per heavy atom. The van der Waals surface area contributed by atoms with Crippen LogP contribution in [0.5, 0.6) is 5.75 Å². The van der Waals surface area contributed by atoms with Crippen molar-refractivity contribution < 1.29 is 17.9 Å². The summed E-state index contributed by atoms with van der Waals surface area (Å²) < 4.78 is 34.9. The van der Waals surface area contributed by atoms with Gasteiger partial charge in [-0.1, -0.05) is 0 Å². The first-order valence-electron chi connectivity index (χ1n) is 12.5. The summed E-state index contributed by atoms with van der Waals surface area (Å²) in [6.45, 7) is 1.54. The Hall–Kier alpha value is -4.56. The van der Waals surface area contributed by atoms with Crippen molar-refractivity contribution in [3.63, 3.8) is 0 Å². The van der Waals surface area contributed by atoms with E-state index in [0.29, 0.717) is 51.7 Å². The molecule has 1 fully saturated rings. The van der Waals surface area contributed by atoms with Crippen molar-refractivity contribution in [3.8, 4) is 22.7 Å². The first-order valence-corrected chi connectivity index (χ1v) is 14.4. The molecule has 1 aliphatic heterocycles. The topological polar surface area (TPSA) is 149 Å². The van der Waals surface area contributed by atoms with E-state index in [9.17, 15) is 13.2 Å². The summed E-state index contributed by atoms with van der Waals surface area (Å²) in [6, 6.07) is 8.55. The molecule has 4 aromatic heterocycles. The van der Waals surface area contributed by atoms with Crippen LogP contribution in [0, 0.1) is 5.92 Å². The van der Waals surface area contributed by atoms with Crippen LogP contribution < -0.4 is 14.8 Å². The van der Waals surface area contributed by atoms with Gasteiger partial charge in [0, 0.05) is 31.2 Å². The van der Waals surface area contributed by atoms with Crippen molar-refractivity contribution in [1.29, 1.82) is 0 Å². The number of nitrogens with one attached hydrogen (secondary N) is 2. The van der Waals surface area contributed by atoms with Crippen molar-refractivity contribution in [1.82, 2.24) is 34.3 Å². The number of anilines is 2. The van der Waals surface area contributed by atoms with Gasteiger partial charge in [-0.2, -0.15) is 5.10 Å². The number of sulfonamides is 1. The van der Waals surface area contributed by atoms with Crippen LogP contribution in [-0.4, -0.2) is 82.1 Å². The second-order valence-corrected chi connectivity index (χ2v) is 11.5. The smallest absolute Gasteiger partial charge is 0.230 e. The molecule has 2 N–H and O–H groups in total. The summed E-state index contributed by atoms with van der Waals surface area (Å²) in [5.41, 5.74) is 3.54. The van der Waals surface area contributed by atoms with Crippen LogP contribution in [0.15, 0.2) is 55.1 Å². The number of methoxy groups -OCH3 is 1. The largest absolute Gasteiger partial charge is 0.494 e. The van der Waals surface area contributed by atoms with E-state index in [0.717, 1.165) is 24.8 Å². The Bertz CT molecular complexity index is 1860. The molecular weight excluding hydrogens is 534 g/mol. The van der Waals surface area contributed by atoms with Crippen LogP contribution in [0.1, 0.15) is 6.42 Å². The van der Waals surface area contributed by atoms with Crippen molar-refractivity contribution in [2.75, 3.05) is 43.5 Å². The fraction of sp³-hybridized carbons (Fsp3) is 0.269. The van der Waals surface area contributed by atoms with E-state index in [2.05, 4.69) is 30.0 Å². The van der Waals surface area contributed by atoms with Gasteiger partial charge in [-0.05, 0) is 44.3 Å². The molecule has 206 valence electrons. The number of fused-ring (bicyclic) bond motifs is 2. The molecule has 6 rings (SSSR count). The minimum absolute atomic E-state index is 0.105. The predicted molar refractivity (Wildman–Crippen MR) is 150 cm³/mol. The van der Waals surface area contributed by atoms with Gasteiger partial charge in [0.05, 0.1) is 53.3 Å². The number of hydrogen-bond acceptors (Lipinski definition) is 9. The standard InChI is InChI=1S/C26H27N9O4S/c1-33-10-7-16(15-33)26(36)30-24-19-13-28-20(18-14-29-34-9-4-8-27-25(18)34)12-22(19)35(31-24)21-6-5-17(11-23(21)39-2)32-40(3,37)38/h4-6,8-9,11-14,16,32H,7,10,15H2,1-3H3,(H,30,31,36). The third-order valence-electron chi connectivity index (χ3n) is 6.84. The van der Waals surface area contributed by atoms with Gasteiger partial charge < -0.3 is 15.0 Å². The zero-order chi connectivity index (χ0) is 28.0. The Morgan fingerprint density at radius 3 is 2.77 bits per heavy atom. The summed E-state index contributed by atoms with van der Waals surface area (Å²) in [5, 5.41) is 12.8. The number of nitrogens with zero attached hydrogens (tertiary/aromatic N) is 7. The normalized spacial score (nSPS) is 16.0. The Kier molecular flexibility index (Phi) is 6.35. The molecule has 1 amide bonds. The molecule has 1 atom stereocenters. The lowest BCUT2D eigenvalue weighted by atomic mass is 10.1. The Labute approximate surface area is 229 Å². The van der Waals surface area contributed by atoms with E-state index < -0.39 is 10.0 Å². The van der Waals surface area contributed by atoms with Gasteiger partial charge in [-0.3, -0.25) is 14.5 Å². The van der Waals surface area contributed by atoms with Gasteiger partial charge in [0.2, 0.25) is 15.9 Å². The fourth-order valence-corrected chi connectivity index (χ4v) is 5.49. The van der Waals surface area contributed by atoms with Crippen molar-refractivity contribution >= 4 is 44.0 Å². The van der Waals surface area contributed by atoms with Gasteiger partial charge in [0.1, 0.15) is 11.4 Å². The number of pyridine rings is 1. The van der Waals surface area contributed by atoms with Crippen LogP contribution in [0.4, 0.5) is 11.5 Å². The van der Waals surface area contributed by atoms with Gasteiger partial charge >= 0.3 is 0 Å². The Morgan fingerprint density at radius 1 is 1.18 bits per heavy atom. The van der Waals surface area contributed by atoms with Gasteiger partial charge in [0.15, 0.2) is 11.5 Å². The fourth-order valence-electron chi connectivity index (χ4n) is 4.94. The first kappa shape index (κ1) is 25.7. The molecule has 5 aromatic rings. The third-order valence-corrected chi connectivity index (χ3v) is 7.44. The average molecular weight is 562 g/mol. The van der Waals surface area contributed by atoms with E-state index in [1.807, 2.05) is 13.1 Å². The molecule has 0 spiro atoms. The van der Waals surface area contributed by atoms with E-state index >= 15 is 0 Å². The molecule has 0 bridgehead atoms. The summed E-state index contributed by atoms with van der Waals surface area (Å²) in [5.74, 6) is 0.501. The molecule has 0 radical (unpaired) electrons. The molecular formula is C26H27N9O4S. The number of ether oxygens (including phenoxy) is 1. The highest BCUT2D eigenvalue weighted by atomic mass is 32.2. The summed E-state index contributed by atoms with van der Waals surface area (Å²) in [4.78, 5) is 24.4. The zero-order valence-corrected chi connectivity index (χ0v) is 22.9. The van der Waals surface area contributed by atoms with E-state index in [4.69, 9.17) is 9.84 Å². The van der Waals surface area contributed by atoms with E-state index in [-0.39, 0.29) is 11.8 Å². The molecule has 13 nitrogen and oxygen atoms in total. The van der Waals surface area contributed by atoms with Gasteiger partial charge in [-0.15, -0.1) is 5.10 Å². The SMILES string of the molecule is COc1cc(NS(C)(=O)=O)ccc1-n1nc(NC(=O)C2CCN(C)C2)c2cnc(-c3cnn4cccnc34)cc21. The maximum absolute atomic E-state index is 13.1. The number of likely N-dealkylation sites (tertiary alicyclic amines) is 1. The lowest BCUT2D eigenvalue weighted by Crippen LogP contribution is -2.25. The highest BCUT2D eigenvalue weighted by Gasteiger charge is 2.28. The van der Waals surface area contributed by atoms with Crippen molar-refractivity contribution in [2.24, 2.45) is 5.92 Å². The lowest BCUT2D eigenvalue weighted by Gasteiger charge is -2.12. The maximum atomic E-state index is 13.1. The lowest BCUT2D eigenvalue weighted by molar-refractivity contribution is -0.119. The number of rotatable bonds is 7. The highest BCUT2D eigenvalue weighted by molar-refractivity contribution is 7.92. The maximum Gasteiger partial charge on any atom is 0.230 e. The van der Waals surface area contributed by atoms with Crippen LogP contribution in [0.3, 0.4) is 0 Å². The molecule has 0 saturated carbocycles. The second-order valence-electron chi connectivity index (χ2n) is 9.79. The summed E-state index contributed by atoms with van der Waals surface area (Å²) in [7, 11) is -0.00101. The minimum atomic E-state index is -3.49. The number of carbonyl (C=O) groups is 1. The van der Waals surface area contributed by atoms with Crippen LogP contribution in [-0.2, 0) is 14.8 Å². The first-order chi connectivity index (χ1) is 19.2. The molecule has 1 unspecified atom stereocenters. The third kappa shape index (κ3) is 4.82. The van der Waals surface area contributed by atoms with Gasteiger partial charge in [-0.25, -0.2) is 22.6 Å². The average Bonchev–Trinajstić information content (AvgIpc) is 3.64. The molecule has 14 heteroatoms. The molecule has 1 saturated heterocycles. The summed E-state index contributed by atoms with van der Waals surface area (Å²) in [6.07, 6.45) is 8.71. The van der Waals surface area contributed by atoms with Crippen LogP contribution in [0.25, 0.3) is 33.5 Å².